The quantitative estimate of drug-likeness (QED) is 0.839. The molecule has 5 heteroatoms. The molecule has 116 valence electrons. The van der Waals surface area contributed by atoms with Crippen LogP contribution in [-0.2, 0) is 6.54 Å². The van der Waals surface area contributed by atoms with Gasteiger partial charge in [0.05, 0.1) is 11.5 Å². The van der Waals surface area contributed by atoms with Crippen LogP contribution in [0, 0.1) is 23.7 Å². The van der Waals surface area contributed by atoms with Crippen LogP contribution in [0.5, 0.6) is 0 Å². The van der Waals surface area contributed by atoms with Gasteiger partial charge in [0.1, 0.15) is 6.54 Å². The number of alkyl halides is 3. The van der Waals surface area contributed by atoms with E-state index in [1.54, 1.807) is 6.20 Å². The number of halogens is 3. The van der Waals surface area contributed by atoms with Crippen molar-refractivity contribution in [2.75, 3.05) is 0 Å². The summed E-state index contributed by atoms with van der Waals surface area (Å²) in [6.07, 6.45) is 1.55. The summed E-state index contributed by atoms with van der Waals surface area (Å²) >= 11 is 0. The zero-order valence-corrected chi connectivity index (χ0v) is 12.6. The molecule has 0 saturated heterocycles. The molecule has 1 saturated carbocycles. The lowest BCUT2D eigenvalue weighted by Gasteiger charge is -2.18. The van der Waals surface area contributed by atoms with Crippen molar-refractivity contribution in [2.24, 2.45) is 23.7 Å². The fourth-order valence-electron chi connectivity index (χ4n) is 3.69. The minimum Gasteiger partial charge on any atom is -0.256 e. The van der Waals surface area contributed by atoms with Crippen molar-refractivity contribution in [3.05, 3.63) is 16.8 Å². The van der Waals surface area contributed by atoms with Crippen molar-refractivity contribution >= 4 is 11.6 Å². The van der Waals surface area contributed by atoms with Crippen LogP contribution in [0.15, 0.2) is 6.20 Å². The van der Waals surface area contributed by atoms with Gasteiger partial charge in [-0.1, -0.05) is 25.5 Å². The molecule has 0 spiro atoms. The molecule has 0 aromatic carbocycles. The molecule has 1 aromatic rings. The predicted molar refractivity (Wildman–Crippen MR) is 75.6 cm³/mol. The van der Waals surface area contributed by atoms with Crippen LogP contribution in [0.2, 0.25) is 0 Å². The van der Waals surface area contributed by atoms with Crippen LogP contribution in [0.25, 0.3) is 11.6 Å². The van der Waals surface area contributed by atoms with Crippen molar-refractivity contribution in [3.8, 4) is 0 Å². The molecule has 2 nitrogen and oxygen atoms in total. The molecule has 0 amide bonds. The Bertz CT molecular complexity index is 654. The molecule has 1 unspecified atom stereocenters. The first-order valence-corrected chi connectivity index (χ1v) is 7.56. The Morgan fingerprint density at radius 1 is 1.38 bits per heavy atom. The van der Waals surface area contributed by atoms with Gasteiger partial charge < -0.3 is 0 Å². The first-order chi connectivity index (χ1) is 9.76. The second kappa shape index (κ2) is 4.89. The Kier molecular flexibility index (Phi) is 3.41. The lowest BCUT2D eigenvalue weighted by Crippen LogP contribution is -2.38. The summed E-state index contributed by atoms with van der Waals surface area (Å²) in [4.78, 5) is 0. The number of hydrogen-bond donors (Lipinski definition) is 0. The third-order valence-corrected chi connectivity index (χ3v) is 4.88. The van der Waals surface area contributed by atoms with Gasteiger partial charge in [-0.05, 0) is 43.4 Å². The summed E-state index contributed by atoms with van der Waals surface area (Å²) in [5, 5.41) is 5.50. The zero-order chi connectivity index (χ0) is 15.4. The van der Waals surface area contributed by atoms with E-state index in [0.717, 1.165) is 22.2 Å². The molecule has 2 aliphatic carbocycles. The molecule has 3 rings (SSSR count). The van der Waals surface area contributed by atoms with Gasteiger partial charge in [0, 0.05) is 5.22 Å². The van der Waals surface area contributed by atoms with Gasteiger partial charge in [-0.3, -0.25) is 4.68 Å². The first kappa shape index (κ1) is 14.7. The third-order valence-electron chi connectivity index (χ3n) is 4.88. The van der Waals surface area contributed by atoms with E-state index >= 15 is 0 Å². The van der Waals surface area contributed by atoms with Gasteiger partial charge >= 0.3 is 6.18 Å². The summed E-state index contributed by atoms with van der Waals surface area (Å²) in [6.45, 7) is 5.47. The summed E-state index contributed by atoms with van der Waals surface area (Å²) < 4.78 is 39.0. The van der Waals surface area contributed by atoms with Crippen LogP contribution in [0.4, 0.5) is 13.2 Å². The monoisotopic (exact) mass is 298 g/mol. The highest BCUT2D eigenvalue weighted by Gasteiger charge is 2.44. The van der Waals surface area contributed by atoms with Crippen LogP contribution >= 0.6 is 0 Å². The van der Waals surface area contributed by atoms with Gasteiger partial charge in [0.25, 0.3) is 0 Å². The van der Waals surface area contributed by atoms with E-state index in [4.69, 9.17) is 0 Å². The van der Waals surface area contributed by atoms with Crippen LogP contribution in [0.3, 0.4) is 0 Å². The average Bonchev–Trinajstić information content (AvgIpc) is 3.06. The maximum Gasteiger partial charge on any atom is 0.408 e. The molecule has 0 N–H and O–H groups in total. The summed E-state index contributed by atoms with van der Waals surface area (Å²) in [7, 11) is 0. The van der Waals surface area contributed by atoms with Crippen LogP contribution in [-0.4, -0.2) is 16.0 Å². The summed E-state index contributed by atoms with van der Waals surface area (Å²) in [5.74, 6) is 2.38. The fourth-order valence-corrected chi connectivity index (χ4v) is 3.69. The Morgan fingerprint density at radius 2 is 2.10 bits per heavy atom. The van der Waals surface area contributed by atoms with Gasteiger partial charge in [0.15, 0.2) is 0 Å². The lowest BCUT2D eigenvalue weighted by molar-refractivity contribution is -0.143. The van der Waals surface area contributed by atoms with Crippen molar-refractivity contribution < 1.29 is 13.2 Å². The highest BCUT2D eigenvalue weighted by atomic mass is 19.4. The van der Waals surface area contributed by atoms with Crippen LogP contribution < -0.4 is 10.6 Å². The second-order valence-corrected chi connectivity index (χ2v) is 6.84. The molecule has 3 atom stereocenters. The average molecular weight is 298 g/mol. The minimum atomic E-state index is -4.23. The number of hydrogen-bond acceptors (Lipinski definition) is 1. The Balaban J connectivity index is 1.93. The summed E-state index contributed by atoms with van der Waals surface area (Å²) in [6, 6.07) is 0. The normalized spacial score (nSPS) is 28.5. The highest BCUT2D eigenvalue weighted by Crippen LogP contribution is 2.51. The van der Waals surface area contributed by atoms with Crippen molar-refractivity contribution in [1.82, 2.24) is 9.78 Å². The predicted octanol–water partition coefficient (Wildman–Crippen LogP) is 2.71. The minimum absolute atomic E-state index is 0.369. The maximum atomic E-state index is 12.6. The van der Waals surface area contributed by atoms with E-state index in [1.165, 1.54) is 12.0 Å². The second-order valence-electron chi connectivity index (χ2n) is 6.84. The molecule has 21 heavy (non-hydrogen) atoms. The Labute approximate surface area is 122 Å². The largest absolute Gasteiger partial charge is 0.408 e. The number of nitrogens with zero attached hydrogens (tertiary/aromatic N) is 2. The summed E-state index contributed by atoms with van der Waals surface area (Å²) in [5.41, 5.74) is 1.17. The molecule has 0 radical (unpaired) electrons. The molecule has 1 fully saturated rings. The van der Waals surface area contributed by atoms with E-state index in [9.17, 15) is 13.2 Å². The van der Waals surface area contributed by atoms with E-state index in [1.807, 2.05) is 13.0 Å². The molecule has 2 aliphatic rings. The number of rotatable bonds is 3. The number of fused-ring (bicyclic) bond motifs is 1. The van der Waals surface area contributed by atoms with E-state index in [2.05, 4.69) is 18.9 Å². The van der Waals surface area contributed by atoms with Crippen molar-refractivity contribution in [3.63, 3.8) is 0 Å². The zero-order valence-electron chi connectivity index (χ0n) is 12.6. The van der Waals surface area contributed by atoms with Crippen LogP contribution in [0.1, 0.15) is 33.6 Å². The first-order valence-electron chi connectivity index (χ1n) is 7.56. The number of aromatic nitrogens is 2. The SMILES string of the molecule is CC1=c2cnn(CC(F)(F)F)c2=CC([C@H]2C[C@@H]2C(C)C)C1. The molecule has 1 heterocycles. The Morgan fingerprint density at radius 3 is 2.67 bits per heavy atom. The molecule has 1 aromatic heterocycles. The standard InChI is InChI=1S/C16H21F3N2/c1-9(2)12-6-13(12)11-4-10(3)14-7-20-21(15(14)5-11)8-16(17,18)19/h5,7,9,11-13H,4,6,8H2,1-3H3/t11?,12-,13-/m1/s1. The topological polar surface area (TPSA) is 17.8 Å². The van der Waals surface area contributed by atoms with Crippen molar-refractivity contribution in [1.29, 1.82) is 0 Å². The maximum absolute atomic E-state index is 12.6. The smallest absolute Gasteiger partial charge is 0.256 e. The van der Waals surface area contributed by atoms with Gasteiger partial charge in [-0.25, -0.2) is 0 Å². The van der Waals surface area contributed by atoms with Gasteiger partial charge in [-0.15, -0.1) is 0 Å². The molecular weight excluding hydrogens is 277 g/mol. The van der Waals surface area contributed by atoms with E-state index in [0.29, 0.717) is 23.1 Å². The highest BCUT2D eigenvalue weighted by molar-refractivity contribution is 5.50. The van der Waals surface area contributed by atoms with Gasteiger partial charge in [0.2, 0.25) is 0 Å². The lowest BCUT2D eigenvalue weighted by atomic mass is 9.88. The molecular formula is C16H21F3N2. The molecule has 0 aliphatic heterocycles. The third kappa shape index (κ3) is 2.87. The van der Waals surface area contributed by atoms with Gasteiger partial charge in [-0.2, -0.15) is 18.3 Å². The van der Waals surface area contributed by atoms with E-state index < -0.39 is 12.7 Å². The van der Waals surface area contributed by atoms with E-state index in [-0.39, 0.29) is 0 Å². The Hall–Kier alpha value is -1.26. The fraction of sp³-hybridized carbons (Fsp3) is 0.688. The molecule has 0 bridgehead atoms. The van der Waals surface area contributed by atoms with Crippen molar-refractivity contribution in [2.45, 2.75) is 46.3 Å².